The molecule has 114 valence electrons. The summed E-state index contributed by atoms with van der Waals surface area (Å²) >= 11 is 7.47. The summed E-state index contributed by atoms with van der Waals surface area (Å²) in [5, 5.41) is 0.509. The maximum Gasteiger partial charge on any atom is 0.329 e. The van der Waals surface area contributed by atoms with Gasteiger partial charge in [-0.3, -0.25) is 4.79 Å². The molecule has 0 spiro atoms. The van der Waals surface area contributed by atoms with E-state index < -0.39 is 6.04 Å². The Morgan fingerprint density at radius 1 is 1.48 bits per heavy atom. The lowest BCUT2D eigenvalue weighted by Gasteiger charge is -2.22. The van der Waals surface area contributed by atoms with Crippen molar-refractivity contribution < 1.29 is 14.3 Å². The standard InChI is InChI=1S/C15H18ClNO3S/c1-2-3-7-20-15(19)13-9-21-10-17(13)14(18)11-5-4-6-12(16)8-11/h4-6,8,13H,2-3,7,9-10H2,1H3. The van der Waals surface area contributed by atoms with Crippen LogP contribution in [0.5, 0.6) is 0 Å². The van der Waals surface area contributed by atoms with Crippen molar-refractivity contribution in [3.05, 3.63) is 34.9 Å². The van der Waals surface area contributed by atoms with Crippen LogP contribution in [0.4, 0.5) is 0 Å². The molecular weight excluding hydrogens is 310 g/mol. The monoisotopic (exact) mass is 327 g/mol. The van der Waals surface area contributed by atoms with Crippen LogP contribution in [0.15, 0.2) is 24.3 Å². The Kier molecular flexibility index (Phi) is 5.94. The Labute approximate surface area is 133 Å². The van der Waals surface area contributed by atoms with Crippen molar-refractivity contribution in [2.24, 2.45) is 0 Å². The number of hydrogen-bond donors (Lipinski definition) is 0. The van der Waals surface area contributed by atoms with Gasteiger partial charge in [0.25, 0.3) is 5.91 Å². The summed E-state index contributed by atoms with van der Waals surface area (Å²) in [4.78, 5) is 26.1. The molecule has 2 rings (SSSR count). The Morgan fingerprint density at radius 3 is 3.00 bits per heavy atom. The fraction of sp³-hybridized carbons (Fsp3) is 0.467. The van der Waals surface area contributed by atoms with Crippen LogP contribution in [0.1, 0.15) is 30.1 Å². The fourth-order valence-corrected chi connectivity index (χ4v) is 3.37. The molecule has 1 heterocycles. The highest BCUT2D eigenvalue weighted by Crippen LogP contribution is 2.25. The first-order valence-corrected chi connectivity index (χ1v) is 8.47. The van der Waals surface area contributed by atoms with Crippen LogP contribution in [0.3, 0.4) is 0 Å². The van der Waals surface area contributed by atoms with Gasteiger partial charge >= 0.3 is 5.97 Å². The number of unbranched alkanes of at least 4 members (excludes halogenated alkanes) is 1. The van der Waals surface area contributed by atoms with E-state index in [-0.39, 0.29) is 11.9 Å². The summed E-state index contributed by atoms with van der Waals surface area (Å²) in [5.74, 6) is 0.583. The van der Waals surface area contributed by atoms with Gasteiger partial charge < -0.3 is 9.64 Å². The van der Waals surface area contributed by atoms with Gasteiger partial charge in [-0.05, 0) is 24.6 Å². The number of carbonyl (C=O) groups excluding carboxylic acids is 2. The maximum absolute atomic E-state index is 12.5. The van der Waals surface area contributed by atoms with E-state index in [9.17, 15) is 9.59 Å². The number of esters is 1. The number of carbonyl (C=O) groups is 2. The largest absolute Gasteiger partial charge is 0.464 e. The maximum atomic E-state index is 12.5. The molecule has 1 unspecified atom stereocenters. The summed E-state index contributed by atoms with van der Waals surface area (Å²) in [5.41, 5.74) is 0.497. The Bertz CT molecular complexity index is 523. The molecule has 0 aliphatic carbocycles. The van der Waals surface area contributed by atoms with Gasteiger partial charge in [0, 0.05) is 16.3 Å². The molecule has 1 fully saturated rings. The zero-order valence-corrected chi connectivity index (χ0v) is 13.5. The first kappa shape index (κ1) is 16.2. The molecule has 1 saturated heterocycles. The van der Waals surface area contributed by atoms with Crippen LogP contribution >= 0.6 is 23.4 Å². The molecule has 0 radical (unpaired) electrons. The third-order valence-electron chi connectivity index (χ3n) is 3.23. The molecule has 1 aromatic rings. The highest BCUT2D eigenvalue weighted by atomic mass is 35.5. The van der Waals surface area contributed by atoms with Crippen molar-refractivity contribution in [2.75, 3.05) is 18.2 Å². The predicted molar refractivity (Wildman–Crippen MR) is 84.6 cm³/mol. The number of benzene rings is 1. The van der Waals surface area contributed by atoms with Gasteiger partial charge in [0.15, 0.2) is 0 Å². The van der Waals surface area contributed by atoms with Gasteiger partial charge in [0.05, 0.1) is 12.5 Å². The van der Waals surface area contributed by atoms with Crippen molar-refractivity contribution in [3.63, 3.8) is 0 Å². The van der Waals surface area contributed by atoms with E-state index in [4.69, 9.17) is 16.3 Å². The highest BCUT2D eigenvalue weighted by Gasteiger charge is 2.36. The predicted octanol–water partition coefficient (Wildman–Crippen LogP) is 3.20. The van der Waals surface area contributed by atoms with Crippen molar-refractivity contribution in [1.29, 1.82) is 0 Å². The number of amides is 1. The number of ether oxygens (including phenoxy) is 1. The van der Waals surface area contributed by atoms with Crippen molar-refractivity contribution in [3.8, 4) is 0 Å². The normalized spacial score (nSPS) is 17.8. The third kappa shape index (κ3) is 4.14. The summed E-state index contributed by atoms with van der Waals surface area (Å²) in [7, 11) is 0. The Balaban J connectivity index is 2.04. The summed E-state index contributed by atoms with van der Waals surface area (Å²) in [6, 6.07) is 6.27. The molecule has 1 amide bonds. The summed E-state index contributed by atoms with van der Waals surface area (Å²) in [6.07, 6.45) is 1.81. The van der Waals surface area contributed by atoms with Crippen molar-refractivity contribution >= 4 is 35.2 Å². The Morgan fingerprint density at radius 2 is 2.29 bits per heavy atom. The first-order valence-electron chi connectivity index (χ1n) is 6.94. The lowest BCUT2D eigenvalue weighted by molar-refractivity contribution is -0.147. The minimum atomic E-state index is -0.502. The first-order chi connectivity index (χ1) is 10.1. The van der Waals surface area contributed by atoms with Crippen LogP contribution < -0.4 is 0 Å². The smallest absolute Gasteiger partial charge is 0.329 e. The van der Waals surface area contributed by atoms with Crippen LogP contribution in [-0.4, -0.2) is 41.1 Å². The molecule has 4 nitrogen and oxygen atoms in total. The van der Waals surface area contributed by atoms with E-state index in [0.717, 1.165) is 12.8 Å². The number of thioether (sulfide) groups is 1. The molecule has 6 heteroatoms. The fourth-order valence-electron chi connectivity index (χ4n) is 2.04. The van der Waals surface area contributed by atoms with E-state index in [1.54, 1.807) is 40.9 Å². The van der Waals surface area contributed by atoms with E-state index in [2.05, 4.69) is 0 Å². The lowest BCUT2D eigenvalue weighted by Crippen LogP contribution is -2.42. The molecule has 0 bridgehead atoms. The highest BCUT2D eigenvalue weighted by molar-refractivity contribution is 7.99. The second-order valence-corrected chi connectivity index (χ2v) is 6.26. The molecule has 1 aliphatic heterocycles. The molecular formula is C15H18ClNO3S. The molecule has 1 aliphatic rings. The molecule has 0 saturated carbocycles. The van der Waals surface area contributed by atoms with Crippen LogP contribution in [-0.2, 0) is 9.53 Å². The van der Waals surface area contributed by atoms with Crippen LogP contribution in [0.25, 0.3) is 0 Å². The van der Waals surface area contributed by atoms with Gasteiger partial charge in [0.1, 0.15) is 6.04 Å². The SMILES string of the molecule is CCCCOC(=O)C1CSCN1C(=O)c1cccc(Cl)c1. The van der Waals surface area contributed by atoms with Gasteiger partial charge in [-0.15, -0.1) is 11.8 Å². The van der Waals surface area contributed by atoms with Crippen LogP contribution in [0.2, 0.25) is 5.02 Å². The molecule has 21 heavy (non-hydrogen) atoms. The lowest BCUT2D eigenvalue weighted by atomic mass is 10.2. The third-order valence-corrected chi connectivity index (χ3v) is 4.48. The molecule has 0 N–H and O–H groups in total. The van der Waals surface area contributed by atoms with E-state index in [1.165, 1.54) is 0 Å². The minimum Gasteiger partial charge on any atom is -0.464 e. The Hall–Kier alpha value is -1.20. The van der Waals surface area contributed by atoms with E-state index in [0.29, 0.717) is 28.8 Å². The van der Waals surface area contributed by atoms with Gasteiger partial charge in [0.2, 0.25) is 0 Å². The average molecular weight is 328 g/mol. The zero-order chi connectivity index (χ0) is 15.2. The summed E-state index contributed by atoms with van der Waals surface area (Å²) < 4.78 is 5.23. The topological polar surface area (TPSA) is 46.6 Å². The summed E-state index contributed by atoms with van der Waals surface area (Å²) in [6.45, 7) is 2.45. The van der Waals surface area contributed by atoms with Gasteiger partial charge in [-0.2, -0.15) is 0 Å². The number of hydrogen-bond acceptors (Lipinski definition) is 4. The number of halogens is 1. The molecule has 0 aromatic heterocycles. The second-order valence-electron chi connectivity index (χ2n) is 4.82. The quantitative estimate of drug-likeness (QED) is 0.615. The van der Waals surface area contributed by atoms with Crippen LogP contribution in [0, 0.1) is 0 Å². The van der Waals surface area contributed by atoms with E-state index >= 15 is 0 Å². The molecule has 1 atom stereocenters. The van der Waals surface area contributed by atoms with Gasteiger partial charge in [-0.1, -0.05) is 31.0 Å². The molecule has 1 aromatic carbocycles. The van der Waals surface area contributed by atoms with Gasteiger partial charge in [-0.25, -0.2) is 4.79 Å². The number of nitrogens with zero attached hydrogens (tertiary/aromatic N) is 1. The average Bonchev–Trinajstić information content (AvgIpc) is 2.96. The number of rotatable bonds is 5. The second kappa shape index (κ2) is 7.71. The van der Waals surface area contributed by atoms with E-state index in [1.807, 2.05) is 6.92 Å². The van der Waals surface area contributed by atoms with Crippen molar-refractivity contribution in [2.45, 2.75) is 25.8 Å². The van der Waals surface area contributed by atoms with Crippen molar-refractivity contribution in [1.82, 2.24) is 4.90 Å². The zero-order valence-electron chi connectivity index (χ0n) is 11.9. The minimum absolute atomic E-state index is 0.181.